The first kappa shape index (κ1) is 16.2. The molecule has 12 heteroatoms. The number of imidazole rings is 2. The van der Waals surface area contributed by atoms with E-state index in [2.05, 4.69) is 29.9 Å². The maximum absolute atomic E-state index is 11.3. The lowest BCUT2D eigenvalue weighted by Gasteiger charge is -1.97. The van der Waals surface area contributed by atoms with Gasteiger partial charge in [0.25, 0.3) is 11.1 Å². The highest BCUT2D eigenvalue weighted by Crippen LogP contribution is 2.01. The fourth-order valence-electron chi connectivity index (χ4n) is 2.31. The van der Waals surface area contributed by atoms with Crippen molar-refractivity contribution in [2.24, 2.45) is 14.1 Å². The fourth-order valence-corrected chi connectivity index (χ4v) is 2.31. The molecule has 130 valence electrons. The molecule has 0 aliphatic carbocycles. The Morgan fingerprint density at radius 1 is 0.960 bits per heavy atom. The highest BCUT2D eigenvalue weighted by molar-refractivity contribution is 5.69. The van der Waals surface area contributed by atoms with Gasteiger partial charge in [-0.2, -0.15) is 0 Å². The molecule has 0 aliphatic rings. The quantitative estimate of drug-likeness (QED) is 0.293. The van der Waals surface area contributed by atoms with Crippen molar-refractivity contribution in [2.75, 3.05) is 0 Å². The molecule has 0 fully saturated rings. The normalized spacial score (nSPS) is 10.8. The summed E-state index contributed by atoms with van der Waals surface area (Å²) in [4.78, 5) is 61.5. The van der Waals surface area contributed by atoms with E-state index in [1.807, 2.05) is 0 Å². The Bertz CT molecular complexity index is 1310. The lowest BCUT2D eigenvalue weighted by atomic mass is 10.5. The number of nitrogens with one attached hydrogen (secondary N) is 4. The Balaban J connectivity index is 0.000000146. The lowest BCUT2D eigenvalue weighted by Crippen LogP contribution is -2.28. The van der Waals surface area contributed by atoms with Gasteiger partial charge in [-0.05, 0) is 6.92 Å². The topological polar surface area (TPSA) is 167 Å². The van der Waals surface area contributed by atoms with Crippen molar-refractivity contribution in [2.45, 2.75) is 6.92 Å². The van der Waals surface area contributed by atoms with E-state index in [1.54, 1.807) is 25.6 Å². The average Bonchev–Trinajstić information content (AvgIpc) is 3.08. The fraction of sp³-hybridized carbons (Fsp3) is 0.231. The number of fused-ring (bicyclic) bond motifs is 2. The summed E-state index contributed by atoms with van der Waals surface area (Å²) in [5.74, 6) is 0.595. The number of rotatable bonds is 0. The summed E-state index contributed by atoms with van der Waals surface area (Å²) in [5, 5.41) is 0. The van der Waals surface area contributed by atoms with Gasteiger partial charge in [0.2, 0.25) is 0 Å². The maximum atomic E-state index is 11.3. The van der Waals surface area contributed by atoms with E-state index < -0.39 is 22.5 Å². The largest absolute Gasteiger partial charge is 0.336 e. The predicted octanol–water partition coefficient (Wildman–Crippen LogP) is -1.79. The van der Waals surface area contributed by atoms with Crippen LogP contribution in [0.15, 0.2) is 25.5 Å². The second kappa shape index (κ2) is 5.74. The van der Waals surface area contributed by atoms with Crippen LogP contribution in [0.25, 0.3) is 22.3 Å². The molecule has 0 unspecified atom stereocenters. The van der Waals surface area contributed by atoms with Crippen LogP contribution < -0.4 is 22.5 Å². The molecule has 0 saturated carbocycles. The summed E-state index contributed by atoms with van der Waals surface area (Å²) in [6.45, 7) is 1.71. The van der Waals surface area contributed by atoms with Crippen molar-refractivity contribution < 1.29 is 0 Å². The summed E-state index contributed by atoms with van der Waals surface area (Å²) in [5.41, 5.74) is -0.450. The molecule has 0 radical (unpaired) electrons. The number of aromatic amines is 4. The summed E-state index contributed by atoms with van der Waals surface area (Å²) in [6, 6.07) is 0. The molecule has 0 aliphatic heterocycles. The second-order valence-electron chi connectivity index (χ2n) is 5.30. The Labute approximate surface area is 137 Å². The summed E-state index contributed by atoms with van der Waals surface area (Å²) in [6.07, 6.45) is 1.50. The third-order valence-electron chi connectivity index (χ3n) is 3.48. The van der Waals surface area contributed by atoms with Gasteiger partial charge < -0.3 is 9.55 Å². The Kier molecular flexibility index (Phi) is 3.71. The third-order valence-corrected chi connectivity index (χ3v) is 3.48. The van der Waals surface area contributed by atoms with Crippen molar-refractivity contribution in [1.82, 2.24) is 39.0 Å². The monoisotopic (exact) mass is 346 g/mol. The molecular weight excluding hydrogens is 332 g/mol. The number of hydrogen-bond donors (Lipinski definition) is 4. The van der Waals surface area contributed by atoms with Gasteiger partial charge >= 0.3 is 11.4 Å². The zero-order chi connectivity index (χ0) is 18.3. The minimum absolute atomic E-state index is 0.293. The molecule has 0 aromatic carbocycles. The van der Waals surface area contributed by atoms with E-state index in [9.17, 15) is 19.2 Å². The molecule has 25 heavy (non-hydrogen) atoms. The Hall–Kier alpha value is -3.70. The summed E-state index contributed by atoms with van der Waals surface area (Å²) in [7, 11) is 3.27. The summed E-state index contributed by atoms with van der Waals surface area (Å²) < 4.78 is 2.88. The SMILES string of the molecule is Cc1nc2[nH]c(=O)[nH]c(=O)c2[nH]1.Cn1cnc2c1c(=O)[nH]c(=O)n2C. The molecule has 4 aromatic rings. The number of hydrogen-bond acceptors (Lipinski definition) is 6. The minimum atomic E-state index is -0.543. The van der Waals surface area contributed by atoms with Crippen LogP contribution in [-0.4, -0.2) is 39.0 Å². The van der Waals surface area contributed by atoms with Crippen molar-refractivity contribution in [3.8, 4) is 0 Å². The molecule has 0 bridgehead atoms. The molecule has 0 amide bonds. The van der Waals surface area contributed by atoms with E-state index in [0.717, 1.165) is 0 Å². The highest BCUT2D eigenvalue weighted by atomic mass is 16.2. The maximum Gasteiger partial charge on any atom is 0.329 e. The van der Waals surface area contributed by atoms with Crippen LogP contribution in [0.4, 0.5) is 0 Å². The Morgan fingerprint density at radius 2 is 1.68 bits per heavy atom. The first-order valence-corrected chi connectivity index (χ1v) is 7.07. The first-order chi connectivity index (χ1) is 11.8. The second-order valence-corrected chi connectivity index (χ2v) is 5.30. The number of aromatic nitrogens is 8. The van der Waals surface area contributed by atoms with E-state index in [0.29, 0.717) is 28.2 Å². The number of aryl methyl sites for hydroxylation is 3. The zero-order valence-corrected chi connectivity index (χ0v) is 13.5. The average molecular weight is 346 g/mol. The smallest absolute Gasteiger partial charge is 0.329 e. The van der Waals surface area contributed by atoms with E-state index in [4.69, 9.17) is 0 Å². The van der Waals surface area contributed by atoms with Crippen LogP contribution in [0.1, 0.15) is 5.82 Å². The van der Waals surface area contributed by atoms with Gasteiger partial charge in [-0.3, -0.25) is 29.1 Å². The van der Waals surface area contributed by atoms with Gasteiger partial charge in [-0.15, -0.1) is 0 Å². The Morgan fingerprint density at radius 3 is 2.40 bits per heavy atom. The van der Waals surface area contributed by atoms with Gasteiger partial charge in [0.15, 0.2) is 16.8 Å². The molecule has 4 rings (SSSR count). The van der Waals surface area contributed by atoms with Crippen molar-refractivity contribution >= 4 is 22.3 Å². The van der Waals surface area contributed by atoms with Crippen LogP contribution in [0.5, 0.6) is 0 Å². The first-order valence-electron chi connectivity index (χ1n) is 7.07. The number of nitrogens with zero attached hydrogens (tertiary/aromatic N) is 4. The molecule has 12 nitrogen and oxygen atoms in total. The molecule has 0 saturated heterocycles. The van der Waals surface area contributed by atoms with Gasteiger partial charge in [0.05, 0.1) is 6.33 Å². The highest BCUT2D eigenvalue weighted by Gasteiger charge is 2.08. The van der Waals surface area contributed by atoms with E-state index >= 15 is 0 Å². The minimum Gasteiger partial charge on any atom is -0.336 e. The molecule has 4 heterocycles. The molecular formula is C13H14N8O4. The molecule has 4 aromatic heterocycles. The van der Waals surface area contributed by atoms with Crippen LogP contribution in [0.3, 0.4) is 0 Å². The lowest BCUT2D eigenvalue weighted by molar-refractivity contribution is 0.829. The van der Waals surface area contributed by atoms with Gasteiger partial charge in [-0.1, -0.05) is 0 Å². The van der Waals surface area contributed by atoms with Crippen LogP contribution in [-0.2, 0) is 14.1 Å². The van der Waals surface area contributed by atoms with E-state index in [-0.39, 0.29) is 0 Å². The van der Waals surface area contributed by atoms with Crippen molar-refractivity contribution in [1.29, 1.82) is 0 Å². The predicted molar refractivity (Wildman–Crippen MR) is 88.6 cm³/mol. The van der Waals surface area contributed by atoms with E-state index in [1.165, 1.54) is 10.9 Å². The molecule has 4 N–H and O–H groups in total. The van der Waals surface area contributed by atoms with Crippen LogP contribution >= 0.6 is 0 Å². The molecule has 0 spiro atoms. The summed E-state index contributed by atoms with van der Waals surface area (Å²) >= 11 is 0. The van der Waals surface area contributed by atoms with Crippen molar-refractivity contribution in [3.05, 3.63) is 53.8 Å². The number of H-pyrrole nitrogens is 4. The standard InChI is InChI=1S/C7H8N4O2.C6H6N4O2/c1-10-3-8-5-4(10)6(12)9-7(13)11(5)2;1-2-7-3-4(8-2)9-6(12)10-5(3)11/h3H,1-2H3,(H,9,12,13);1H3,(H3,7,8,9,10,11,12). The van der Waals surface area contributed by atoms with Crippen LogP contribution in [0, 0.1) is 6.92 Å². The van der Waals surface area contributed by atoms with Crippen molar-refractivity contribution in [3.63, 3.8) is 0 Å². The van der Waals surface area contributed by atoms with Gasteiger partial charge in [0.1, 0.15) is 11.3 Å². The zero-order valence-electron chi connectivity index (χ0n) is 13.5. The van der Waals surface area contributed by atoms with Gasteiger partial charge in [0, 0.05) is 14.1 Å². The van der Waals surface area contributed by atoms with Crippen LogP contribution in [0.2, 0.25) is 0 Å². The van der Waals surface area contributed by atoms with Gasteiger partial charge in [-0.25, -0.2) is 19.6 Å². The third kappa shape index (κ3) is 2.80. The molecule has 0 atom stereocenters.